The van der Waals surface area contributed by atoms with Gasteiger partial charge < -0.3 is 10.5 Å². The molecule has 0 bridgehead atoms. The number of nitrogens with two attached hydrogens (primary N) is 1. The Balaban J connectivity index is 2.09. The second-order valence-electron chi connectivity index (χ2n) is 4.80. The van der Waals surface area contributed by atoms with Gasteiger partial charge in [0, 0.05) is 0 Å². The van der Waals surface area contributed by atoms with Gasteiger partial charge in [-0.15, -0.1) is 0 Å². The Morgan fingerprint density at radius 1 is 1.00 bits per heavy atom. The van der Waals surface area contributed by atoms with Crippen LogP contribution in [0.15, 0.2) is 42.5 Å². The molecule has 20 heavy (non-hydrogen) atoms. The van der Waals surface area contributed by atoms with Crippen LogP contribution in [0.2, 0.25) is 0 Å². The van der Waals surface area contributed by atoms with E-state index in [1.165, 1.54) is 11.6 Å². The van der Waals surface area contributed by atoms with E-state index in [-0.39, 0.29) is 11.6 Å². The summed E-state index contributed by atoms with van der Waals surface area (Å²) in [5.74, 6) is 0.540. The summed E-state index contributed by atoms with van der Waals surface area (Å²) in [6.07, 6.45) is 2.82. The van der Waals surface area contributed by atoms with Crippen LogP contribution in [-0.4, -0.2) is 6.54 Å². The lowest BCUT2D eigenvalue weighted by Gasteiger charge is -2.09. The van der Waals surface area contributed by atoms with E-state index in [1.54, 1.807) is 6.07 Å². The predicted molar refractivity (Wildman–Crippen MR) is 79.7 cm³/mol. The molecule has 106 valence electrons. The van der Waals surface area contributed by atoms with Gasteiger partial charge in [-0.2, -0.15) is 0 Å². The zero-order chi connectivity index (χ0) is 14.4. The van der Waals surface area contributed by atoms with E-state index in [1.807, 2.05) is 30.3 Å². The Bertz CT molecular complexity index is 551. The number of rotatable bonds is 6. The summed E-state index contributed by atoms with van der Waals surface area (Å²) >= 11 is 0. The highest BCUT2D eigenvalue weighted by molar-refractivity contribution is 5.35. The normalized spacial score (nSPS) is 10.6. The van der Waals surface area contributed by atoms with Crippen LogP contribution >= 0.6 is 0 Å². The first-order valence-corrected chi connectivity index (χ1v) is 6.98. The number of aryl methyl sites for hydroxylation is 1. The fourth-order valence-corrected chi connectivity index (χ4v) is 2.09. The summed E-state index contributed by atoms with van der Waals surface area (Å²) in [7, 11) is 0. The third kappa shape index (κ3) is 3.81. The van der Waals surface area contributed by atoms with Crippen molar-refractivity contribution < 1.29 is 9.13 Å². The fraction of sp³-hybridized carbons (Fsp3) is 0.294. The summed E-state index contributed by atoms with van der Waals surface area (Å²) in [6, 6.07) is 12.8. The molecule has 2 N–H and O–H groups in total. The van der Waals surface area contributed by atoms with Crippen LogP contribution in [-0.2, 0) is 12.8 Å². The van der Waals surface area contributed by atoms with E-state index in [4.69, 9.17) is 10.5 Å². The Kier molecular flexibility index (Phi) is 5.13. The van der Waals surface area contributed by atoms with Crippen LogP contribution in [0.5, 0.6) is 11.5 Å². The summed E-state index contributed by atoms with van der Waals surface area (Å²) in [6.45, 7) is 2.65. The van der Waals surface area contributed by atoms with Crippen molar-refractivity contribution in [3.05, 3.63) is 59.4 Å². The molecule has 0 amide bonds. The van der Waals surface area contributed by atoms with E-state index in [0.29, 0.717) is 18.7 Å². The quantitative estimate of drug-likeness (QED) is 0.861. The molecule has 2 rings (SSSR count). The van der Waals surface area contributed by atoms with E-state index in [0.717, 1.165) is 18.4 Å². The highest BCUT2D eigenvalue weighted by Gasteiger charge is 2.06. The van der Waals surface area contributed by atoms with E-state index in [9.17, 15) is 4.39 Å². The average molecular weight is 273 g/mol. The molecular weight excluding hydrogens is 253 g/mol. The average Bonchev–Trinajstić information content (AvgIpc) is 2.44. The van der Waals surface area contributed by atoms with Gasteiger partial charge in [0.25, 0.3) is 0 Å². The van der Waals surface area contributed by atoms with Gasteiger partial charge in [0.15, 0.2) is 11.6 Å². The maximum atomic E-state index is 13.9. The van der Waals surface area contributed by atoms with Crippen LogP contribution < -0.4 is 10.5 Å². The first kappa shape index (κ1) is 14.5. The molecule has 0 unspecified atom stereocenters. The largest absolute Gasteiger partial charge is 0.454 e. The number of halogens is 1. The molecule has 3 heteroatoms. The Morgan fingerprint density at radius 2 is 1.70 bits per heavy atom. The monoisotopic (exact) mass is 273 g/mol. The van der Waals surface area contributed by atoms with Crippen molar-refractivity contribution in [2.45, 2.75) is 26.2 Å². The topological polar surface area (TPSA) is 35.2 Å². The molecule has 0 atom stereocenters. The first-order chi connectivity index (χ1) is 9.72. The first-order valence-electron chi connectivity index (χ1n) is 6.98. The van der Waals surface area contributed by atoms with Gasteiger partial charge in [-0.1, -0.05) is 31.5 Å². The van der Waals surface area contributed by atoms with Gasteiger partial charge in [0.05, 0.1) is 0 Å². The third-order valence-corrected chi connectivity index (χ3v) is 3.12. The van der Waals surface area contributed by atoms with E-state index >= 15 is 0 Å². The van der Waals surface area contributed by atoms with E-state index < -0.39 is 0 Å². The fourth-order valence-electron chi connectivity index (χ4n) is 2.09. The van der Waals surface area contributed by atoms with Gasteiger partial charge in [0.1, 0.15) is 5.75 Å². The standard InChI is InChI=1S/C17H20FNO/c1-2-3-13-4-7-15(8-5-13)20-17-9-6-14(10-11-19)12-16(17)18/h4-9,12H,2-3,10-11,19H2,1H3. The Labute approximate surface area is 119 Å². The molecular formula is C17H20FNO. The third-order valence-electron chi connectivity index (χ3n) is 3.12. The molecule has 0 heterocycles. The van der Waals surface area contributed by atoms with Gasteiger partial charge in [0.2, 0.25) is 0 Å². The van der Waals surface area contributed by atoms with Crippen molar-refractivity contribution in [2.24, 2.45) is 5.73 Å². The lowest BCUT2D eigenvalue weighted by molar-refractivity contribution is 0.441. The molecule has 0 aliphatic heterocycles. The summed E-state index contributed by atoms with van der Waals surface area (Å²) < 4.78 is 19.5. The number of hydrogen-bond acceptors (Lipinski definition) is 2. The van der Waals surface area contributed by atoms with Gasteiger partial charge in [-0.3, -0.25) is 0 Å². The summed E-state index contributed by atoms with van der Waals surface area (Å²) in [4.78, 5) is 0. The van der Waals surface area contributed by atoms with Gasteiger partial charge in [-0.05, 0) is 54.8 Å². The van der Waals surface area contributed by atoms with Crippen LogP contribution in [0.25, 0.3) is 0 Å². The Hall–Kier alpha value is -1.87. The highest BCUT2D eigenvalue weighted by Crippen LogP contribution is 2.25. The predicted octanol–water partition coefficient (Wildman–Crippen LogP) is 4.07. The second kappa shape index (κ2) is 7.06. The molecule has 2 nitrogen and oxygen atoms in total. The maximum absolute atomic E-state index is 13.9. The molecule has 2 aromatic rings. The summed E-state index contributed by atoms with van der Waals surface area (Å²) in [5.41, 5.74) is 7.60. The number of ether oxygens (including phenoxy) is 1. The minimum absolute atomic E-state index is 0.244. The zero-order valence-corrected chi connectivity index (χ0v) is 11.7. The SMILES string of the molecule is CCCc1ccc(Oc2ccc(CCN)cc2F)cc1. The number of hydrogen-bond donors (Lipinski definition) is 1. The van der Waals surface area contributed by atoms with Crippen LogP contribution in [0.1, 0.15) is 24.5 Å². The van der Waals surface area contributed by atoms with Crippen molar-refractivity contribution in [3.63, 3.8) is 0 Å². The summed E-state index contributed by atoms with van der Waals surface area (Å²) in [5, 5.41) is 0. The molecule has 0 aliphatic rings. The molecule has 0 radical (unpaired) electrons. The lowest BCUT2D eigenvalue weighted by Crippen LogP contribution is -2.03. The van der Waals surface area contributed by atoms with Crippen molar-refractivity contribution in [3.8, 4) is 11.5 Å². The van der Waals surface area contributed by atoms with Crippen LogP contribution in [0.4, 0.5) is 4.39 Å². The molecule has 0 spiro atoms. The van der Waals surface area contributed by atoms with Crippen molar-refractivity contribution in [1.82, 2.24) is 0 Å². The molecule has 0 fully saturated rings. The maximum Gasteiger partial charge on any atom is 0.165 e. The highest BCUT2D eigenvalue weighted by atomic mass is 19.1. The lowest BCUT2D eigenvalue weighted by atomic mass is 10.1. The van der Waals surface area contributed by atoms with Crippen molar-refractivity contribution in [2.75, 3.05) is 6.54 Å². The minimum atomic E-state index is -0.353. The van der Waals surface area contributed by atoms with Crippen molar-refractivity contribution >= 4 is 0 Å². The second-order valence-corrected chi connectivity index (χ2v) is 4.80. The molecule has 0 aromatic heterocycles. The van der Waals surface area contributed by atoms with Gasteiger partial charge in [-0.25, -0.2) is 4.39 Å². The zero-order valence-electron chi connectivity index (χ0n) is 11.7. The van der Waals surface area contributed by atoms with Crippen LogP contribution in [0.3, 0.4) is 0 Å². The Morgan fingerprint density at radius 3 is 2.30 bits per heavy atom. The number of benzene rings is 2. The minimum Gasteiger partial charge on any atom is -0.454 e. The van der Waals surface area contributed by atoms with Crippen LogP contribution in [0, 0.1) is 5.82 Å². The van der Waals surface area contributed by atoms with Crippen molar-refractivity contribution in [1.29, 1.82) is 0 Å². The molecule has 0 saturated heterocycles. The molecule has 0 aliphatic carbocycles. The molecule has 0 saturated carbocycles. The van der Waals surface area contributed by atoms with Gasteiger partial charge >= 0.3 is 0 Å². The smallest absolute Gasteiger partial charge is 0.165 e. The molecule has 2 aromatic carbocycles. The van der Waals surface area contributed by atoms with E-state index in [2.05, 4.69) is 6.92 Å².